The molecule has 20 nitrogen and oxygen atoms in total. The molecule has 0 radical (unpaired) electrons. The smallest absolute Gasteiger partial charge is 0.328 e. The molecular formula is C39H64N6O14. The highest BCUT2D eigenvalue weighted by molar-refractivity contribution is 5.89. The minimum atomic E-state index is -1.15. The SMILES string of the molecule is COCC/C(C)=C\C(=O)N(O)CCCC(NC(=O)CCC(C)=O)C(=O)OCC/C(C)=C\C(=O)N(O)CCCC(N)C(=O)OCC/C(C)=C\C(=O)N(O)CCCC(N)C=O. The second-order valence-electron chi connectivity index (χ2n) is 14.1. The van der Waals surface area contributed by atoms with Crippen LogP contribution in [0.1, 0.15) is 98.3 Å². The zero-order valence-electron chi connectivity index (χ0n) is 34.9. The highest BCUT2D eigenvalue weighted by atomic mass is 16.5. The summed E-state index contributed by atoms with van der Waals surface area (Å²) in [7, 11) is 1.53. The zero-order valence-corrected chi connectivity index (χ0v) is 34.9. The van der Waals surface area contributed by atoms with Gasteiger partial charge in [-0.15, -0.1) is 0 Å². The third-order valence-electron chi connectivity index (χ3n) is 8.51. The molecule has 0 aliphatic carbocycles. The minimum Gasteiger partial charge on any atom is -0.464 e. The van der Waals surface area contributed by atoms with Gasteiger partial charge in [0.2, 0.25) is 5.91 Å². The highest BCUT2D eigenvalue weighted by Gasteiger charge is 2.23. The van der Waals surface area contributed by atoms with Crippen molar-refractivity contribution >= 4 is 47.6 Å². The molecule has 0 aromatic heterocycles. The number of hydrogen-bond acceptors (Lipinski definition) is 16. The molecule has 0 heterocycles. The van der Waals surface area contributed by atoms with Crippen molar-refractivity contribution in [1.82, 2.24) is 20.5 Å². The minimum absolute atomic E-state index is 0.00209. The van der Waals surface area contributed by atoms with Gasteiger partial charge in [0.25, 0.3) is 17.7 Å². The molecule has 0 aliphatic heterocycles. The Bertz CT molecular complexity index is 1480. The maximum Gasteiger partial charge on any atom is 0.328 e. The number of hydroxylamine groups is 6. The lowest BCUT2D eigenvalue weighted by atomic mass is 10.1. The van der Waals surface area contributed by atoms with Crippen LogP contribution in [0.3, 0.4) is 0 Å². The van der Waals surface area contributed by atoms with Crippen molar-refractivity contribution in [2.24, 2.45) is 11.5 Å². The van der Waals surface area contributed by atoms with Crippen molar-refractivity contribution < 1.29 is 68.2 Å². The molecule has 0 aliphatic rings. The van der Waals surface area contributed by atoms with E-state index in [0.29, 0.717) is 64.1 Å². The zero-order chi connectivity index (χ0) is 44.9. The molecule has 0 fully saturated rings. The largest absolute Gasteiger partial charge is 0.464 e. The Morgan fingerprint density at radius 1 is 0.610 bits per heavy atom. The van der Waals surface area contributed by atoms with Gasteiger partial charge in [-0.1, -0.05) is 16.7 Å². The Kier molecular flexibility index (Phi) is 28.6. The van der Waals surface area contributed by atoms with Crippen LogP contribution in [-0.2, 0) is 52.6 Å². The number of carbonyl (C=O) groups is 8. The van der Waals surface area contributed by atoms with Crippen molar-refractivity contribution in [3.8, 4) is 0 Å². The Morgan fingerprint density at radius 3 is 1.47 bits per heavy atom. The summed E-state index contributed by atoms with van der Waals surface area (Å²) < 4.78 is 15.4. The van der Waals surface area contributed by atoms with E-state index in [0.717, 1.165) is 6.08 Å². The normalized spacial score (nSPS) is 13.4. The van der Waals surface area contributed by atoms with Crippen molar-refractivity contribution in [3.63, 3.8) is 0 Å². The van der Waals surface area contributed by atoms with Crippen LogP contribution >= 0.6 is 0 Å². The van der Waals surface area contributed by atoms with Crippen LogP contribution in [0, 0.1) is 0 Å². The molecule has 0 aromatic carbocycles. The standard InChI is InChI=1S/C39H64N6O14/c1-27(14-20-57-5)23-35(49)45(56)19-8-11-33(42-34(48)13-12-30(4)47)39(53)59-22-16-29(3)25-37(51)44(55)18-7-10-32(41)38(52)58-21-15-28(2)24-36(50)43(54)17-6-9-31(40)26-46/h23-26,31-33,54-56H,6-22,40-41H2,1-5H3,(H,42,48)/b27-23-,28-24-,29-25-. The number of methoxy groups -OCH3 is 1. The van der Waals surface area contributed by atoms with Gasteiger partial charge in [-0.25, -0.2) is 20.0 Å². The average Bonchev–Trinajstić information content (AvgIpc) is 3.18. The number of nitrogens with zero attached hydrogens (tertiary/aromatic N) is 3. The van der Waals surface area contributed by atoms with E-state index in [9.17, 15) is 54.0 Å². The van der Waals surface area contributed by atoms with Gasteiger partial charge in [0.1, 0.15) is 24.2 Å². The first-order valence-corrected chi connectivity index (χ1v) is 19.4. The molecule has 59 heavy (non-hydrogen) atoms. The first-order valence-electron chi connectivity index (χ1n) is 19.4. The summed E-state index contributed by atoms with van der Waals surface area (Å²) >= 11 is 0. The van der Waals surface area contributed by atoms with Crippen LogP contribution in [0.2, 0.25) is 0 Å². The number of carbonyl (C=O) groups excluding carboxylic acids is 8. The summed E-state index contributed by atoms with van der Waals surface area (Å²) in [6, 6.07) is -2.86. The molecule has 0 rings (SSSR count). The molecule has 8 N–H and O–H groups in total. The molecule has 0 spiro atoms. The van der Waals surface area contributed by atoms with E-state index >= 15 is 0 Å². The van der Waals surface area contributed by atoms with Crippen LogP contribution in [0.4, 0.5) is 0 Å². The third-order valence-corrected chi connectivity index (χ3v) is 8.51. The van der Waals surface area contributed by atoms with E-state index < -0.39 is 53.7 Å². The van der Waals surface area contributed by atoms with E-state index in [4.69, 9.17) is 25.7 Å². The van der Waals surface area contributed by atoms with Gasteiger partial charge in [-0.3, -0.25) is 39.6 Å². The number of rotatable bonds is 31. The summed E-state index contributed by atoms with van der Waals surface area (Å²) in [5.41, 5.74) is 13.0. The molecule has 4 amide bonds. The van der Waals surface area contributed by atoms with Crippen molar-refractivity contribution in [3.05, 3.63) is 34.9 Å². The summed E-state index contributed by atoms with van der Waals surface area (Å²) in [4.78, 5) is 96.4. The van der Waals surface area contributed by atoms with Gasteiger partial charge in [0.05, 0.1) is 19.3 Å². The number of Topliss-reactive ketones (excluding diaryl/α,β-unsaturated/α-hetero) is 1. The van der Waals surface area contributed by atoms with Crippen LogP contribution in [0.15, 0.2) is 34.9 Å². The van der Waals surface area contributed by atoms with Crippen LogP contribution in [0.5, 0.6) is 0 Å². The number of ether oxygens (including phenoxy) is 3. The number of amides is 4. The lowest BCUT2D eigenvalue weighted by molar-refractivity contribution is -0.160. The lowest BCUT2D eigenvalue weighted by Crippen LogP contribution is -2.42. The Morgan fingerprint density at radius 2 is 1.03 bits per heavy atom. The van der Waals surface area contributed by atoms with E-state index in [2.05, 4.69) is 5.32 Å². The van der Waals surface area contributed by atoms with Gasteiger partial charge < -0.3 is 40.6 Å². The number of nitrogens with two attached hydrogens (primary N) is 2. The maximum atomic E-state index is 12.9. The molecule has 3 unspecified atom stereocenters. The molecular weight excluding hydrogens is 776 g/mol. The van der Waals surface area contributed by atoms with Gasteiger partial charge in [0, 0.05) is 77.3 Å². The molecule has 3 atom stereocenters. The Hall–Kier alpha value is -4.86. The monoisotopic (exact) mass is 840 g/mol. The van der Waals surface area contributed by atoms with Gasteiger partial charge in [-0.2, -0.15) is 0 Å². The predicted octanol–water partition coefficient (Wildman–Crippen LogP) is 1.43. The van der Waals surface area contributed by atoms with Crippen molar-refractivity contribution in [2.75, 3.05) is 46.6 Å². The predicted molar refractivity (Wildman–Crippen MR) is 211 cm³/mol. The second kappa shape index (κ2) is 31.1. The van der Waals surface area contributed by atoms with Gasteiger partial charge in [-0.05, 0) is 72.6 Å². The fraction of sp³-hybridized carbons (Fsp3) is 0.641. The van der Waals surface area contributed by atoms with E-state index in [-0.39, 0.29) is 90.0 Å². The fourth-order valence-corrected chi connectivity index (χ4v) is 4.87. The van der Waals surface area contributed by atoms with Crippen LogP contribution in [-0.4, -0.2) is 143 Å². The summed E-state index contributed by atoms with van der Waals surface area (Å²) in [5, 5.41) is 34.2. The van der Waals surface area contributed by atoms with Crippen molar-refractivity contribution in [1.29, 1.82) is 0 Å². The number of ketones is 1. The lowest BCUT2D eigenvalue weighted by Gasteiger charge is -2.19. The fourth-order valence-electron chi connectivity index (χ4n) is 4.87. The summed E-state index contributed by atoms with van der Waals surface area (Å²) in [5.74, 6) is -4.39. The Labute approximate surface area is 345 Å². The van der Waals surface area contributed by atoms with E-state index in [1.165, 1.54) is 26.2 Å². The topological polar surface area (TPSA) is 299 Å². The van der Waals surface area contributed by atoms with Crippen LogP contribution in [0.25, 0.3) is 0 Å². The first kappa shape index (κ1) is 54.1. The van der Waals surface area contributed by atoms with Crippen LogP contribution < -0.4 is 16.8 Å². The molecule has 334 valence electrons. The molecule has 0 saturated carbocycles. The molecule has 0 bridgehead atoms. The quantitative estimate of drug-likeness (QED) is 0.0189. The van der Waals surface area contributed by atoms with E-state index in [1.807, 2.05) is 0 Å². The molecule has 20 heteroatoms. The van der Waals surface area contributed by atoms with Gasteiger partial charge in [0.15, 0.2) is 0 Å². The van der Waals surface area contributed by atoms with Gasteiger partial charge >= 0.3 is 11.9 Å². The summed E-state index contributed by atoms with van der Waals surface area (Å²) in [6.45, 7) is 6.06. The number of aldehydes is 1. The highest BCUT2D eigenvalue weighted by Crippen LogP contribution is 2.09. The number of hydrogen-bond donors (Lipinski definition) is 6. The maximum absolute atomic E-state index is 12.9. The average molecular weight is 841 g/mol. The van der Waals surface area contributed by atoms with E-state index in [1.54, 1.807) is 20.8 Å². The van der Waals surface area contributed by atoms with Crippen molar-refractivity contribution in [2.45, 2.75) is 116 Å². The summed E-state index contributed by atoms with van der Waals surface area (Å²) in [6.07, 6.45) is 5.77. The Balaban J connectivity index is 4.85. The number of esters is 2. The molecule has 0 saturated heterocycles. The third kappa shape index (κ3) is 26.7. The molecule has 0 aromatic rings. The first-order chi connectivity index (χ1) is 27.8. The number of nitrogens with one attached hydrogen (secondary N) is 1. The second-order valence-corrected chi connectivity index (χ2v) is 14.1.